The van der Waals surface area contributed by atoms with Gasteiger partial charge < -0.3 is 15.5 Å². The van der Waals surface area contributed by atoms with Crippen molar-refractivity contribution in [2.45, 2.75) is 12.8 Å². The Morgan fingerprint density at radius 3 is 2.60 bits per heavy atom. The van der Waals surface area contributed by atoms with Gasteiger partial charge in [-0.3, -0.25) is 9.59 Å². The van der Waals surface area contributed by atoms with Crippen molar-refractivity contribution in [2.75, 3.05) is 31.5 Å². The van der Waals surface area contributed by atoms with Crippen molar-refractivity contribution < 1.29 is 9.59 Å². The number of aromatic nitrogens is 1. The summed E-state index contributed by atoms with van der Waals surface area (Å²) < 4.78 is 5.60. The molecule has 5 rings (SSSR count). The van der Waals surface area contributed by atoms with E-state index in [0.29, 0.717) is 31.7 Å². The maximum absolute atomic E-state index is 13.4. The molecule has 6 nitrogen and oxygen atoms in total. The minimum absolute atomic E-state index is 0.00350. The zero-order valence-corrected chi connectivity index (χ0v) is 20.3. The second-order valence-electron chi connectivity index (χ2n) is 8.75. The van der Waals surface area contributed by atoms with Crippen molar-refractivity contribution >= 4 is 39.3 Å². The Kier molecular flexibility index (Phi) is 7.04. The molecule has 2 N–H and O–H groups in total. The van der Waals surface area contributed by atoms with Crippen LogP contribution in [0.4, 0.5) is 5.82 Å². The maximum atomic E-state index is 13.4. The molecule has 1 saturated heterocycles. The SMILES string of the molecule is O=C(NCCNc1nsc2ccccc12)C1CCCN(C(=O)c2ccccc2-c2ccccc2)C1. The lowest BCUT2D eigenvalue weighted by atomic mass is 9.94. The predicted octanol–water partition coefficient (Wildman–Crippen LogP) is 5.04. The molecule has 178 valence electrons. The van der Waals surface area contributed by atoms with Crippen molar-refractivity contribution in [1.29, 1.82) is 0 Å². The number of benzene rings is 3. The zero-order valence-electron chi connectivity index (χ0n) is 19.4. The first-order valence-corrected chi connectivity index (χ1v) is 12.8. The van der Waals surface area contributed by atoms with E-state index in [9.17, 15) is 9.59 Å². The molecule has 1 aliphatic rings. The molecule has 0 bridgehead atoms. The van der Waals surface area contributed by atoms with Crippen LogP contribution in [0, 0.1) is 5.92 Å². The number of amides is 2. The van der Waals surface area contributed by atoms with Gasteiger partial charge in [-0.1, -0.05) is 60.7 Å². The highest BCUT2D eigenvalue weighted by atomic mass is 32.1. The Morgan fingerprint density at radius 1 is 0.943 bits per heavy atom. The number of rotatable bonds is 7. The normalized spacial score (nSPS) is 15.7. The van der Waals surface area contributed by atoms with Gasteiger partial charge in [0.25, 0.3) is 5.91 Å². The molecule has 2 amide bonds. The second kappa shape index (κ2) is 10.7. The highest BCUT2D eigenvalue weighted by Crippen LogP contribution is 2.27. The third kappa shape index (κ3) is 5.20. The lowest BCUT2D eigenvalue weighted by Crippen LogP contribution is -2.46. The van der Waals surface area contributed by atoms with Gasteiger partial charge in [0.2, 0.25) is 5.91 Å². The topological polar surface area (TPSA) is 74.3 Å². The van der Waals surface area contributed by atoms with E-state index in [1.807, 2.05) is 83.8 Å². The van der Waals surface area contributed by atoms with Crippen LogP contribution >= 0.6 is 11.5 Å². The van der Waals surface area contributed by atoms with E-state index in [2.05, 4.69) is 15.0 Å². The van der Waals surface area contributed by atoms with Crippen molar-refractivity contribution in [3.05, 3.63) is 84.4 Å². The molecule has 0 radical (unpaired) electrons. The van der Waals surface area contributed by atoms with Crippen molar-refractivity contribution in [1.82, 2.24) is 14.6 Å². The van der Waals surface area contributed by atoms with Gasteiger partial charge in [0.05, 0.1) is 10.6 Å². The lowest BCUT2D eigenvalue weighted by molar-refractivity contribution is -0.126. The first kappa shape index (κ1) is 23.1. The molecular weight excluding hydrogens is 456 g/mol. The number of piperidine rings is 1. The van der Waals surface area contributed by atoms with Crippen LogP contribution in [0.1, 0.15) is 23.2 Å². The summed E-state index contributed by atoms with van der Waals surface area (Å²) in [4.78, 5) is 28.1. The molecule has 35 heavy (non-hydrogen) atoms. The Bertz CT molecular complexity index is 1320. The van der Waals surface area contributed by atoms with Gasteiger partial charge in [-0.15, -0.1) is 0 Å². The standard InChI is InChI=1S/C28H28N4O2S/c33-27(30-17-16-29-26-24-14-6-7-15-25(24)35-31-26)21-11-8-18-32(19-21)28(34)23-13-5-4-12-22(23)20-9-2-1-3-10-20/h1-7,9-10,12-15,21H,8,11,16-19H2,(H,29,31)(H,30,33). The van der Waals surface area contributed by atoms with Crippen LogP contribution in [-0.2, 0) is 4.79 Å². The highest BCUT2D eigenvalue weighted by Gasteiger charge is 2.29. The average Bonchev–Trinajstić information content (AvgIpc) is 3.34. The summed E-state index contributed by atoms with van der Waals surface area (Å²) in [6, 6.07) is 25.8. The smallest absolute Gasteiger partial charge is 0.254 e. The number of nitrogens with zero attached hydrogens (tertiary/aromatic N) is 2. The third-order valence-corrected chi connectivity index (χ3v) is 7.24. The highest BCUT2D eigenvalue weighted by molar-refractivity contribution is 7.13. The molecule has 3 aromatic carbocycles. The van der Waals surface area contributed by atoms with E-state index in [0.717, 1.165) is 39.9 Å². The lowest BCUT2D eigenvalue weighted by Gasteiger charge is -2.32. The fraction of sp³-hybridized carbons (Fsp3) is 0.250. The summed E-state index contributed by atoms with van der Waals surface area (Å²) in [7, 11) is 0. The summed E-state index contributed by atoms with van der Waals surface area (Å²) in [5, 5.41) is 7.45. The monoisotopic (exact) mass is 484 g/mol. The molecule has 2 heterocycles. The van der Waals surface area contributed by atoms with Crippen LogP contribution in [0.5, 0.6) is 0 Å². The van der Waals surface area contributed by atoms with E-state index in [4.69, 9.17) is 0 Å². The van der Waals surface area contributed by atoms with Gasteiger partial charge in [-0.05, 0) is 53.7 Å². The number of hydrogen-bond acceptors (Lipinski definition) is 5. The van der Waals surface area contributed by atoms with Crippen LogP contribution in [0.2, 0.25) is 0 Å². The summed E-state index contributed by atoms with van der Waals surface area (Å²) in [6.07, 6.45) is 1.61. The molecule has 4 aromatic rings. The number of anilines is 1. The van der Waals surface area contributed by atoms with Crippen LogP contribution in [0.15, 0.2) is 78.9 Å². The average molecular weight is 485 g/mol. The fourth-order valence-electron chi connectivity index (χ4n) is 4.61. The molecule has 0 aliphatic carbocycles. The number of carbonyl (C=O) groups excluding carboxylic acids is 2. The Hall–Kier alpha value is -3.71. The van der Waals surface area contributed by atoms with Crippen LogP contribution in [0.3, 0.4) is 0 Å². The number of carbonyl (C=O) groups is 2. The Morgan fingerprint density at radius 2 is 1.71 bits per heavy atom. The van der Waals surface area contributed by atoms with Crippen molar-refractivity contribution in [3.8, 4) is 11.1 Å². The van der Waals surface area contributed by atoms with Gasteiger partial charge >= 0.3 is 0 Å². The van der Waals surface area contributed by atoms with E-state index < -0.39 is 0 Å². The number of hydrogen-bond donors (Lipinski definition) is 2. The molecule has 1 fully saturated rings. The summed E-state index contributed by atoms with van der Waals surface area (Å²) in [5.74, 6) is 0.644. The Labute approximate surface area is 209 Å². The summed E-state index contributed by atoms with van der Waals surface area (Å²) in [5.41, 5.74) is 2.62. The van der Waals surface area contributed by atoms with Crippen molar-refractivity contribution in [2.24, 2.45) is 5.92 Å². The fourth-order valence-corrected chi connectivity index (χ4v) is 5.36. The van der Waals surface area contributed by atoms with Gasteiger partial charge in [-0.2, -0.15) is 4.37 Å². The molecule has 1 aliphatic heterocycles. The third-order valence-electron chi connectivity index (χ3n) is 6.42. The van der Waals surface area contributed by atoms with Crippen molar-refractivity contribution in [3.63, 3.8) is 0 Å². The van der Waals surface area contributed by atoms with Crippen LogP contribution in [0.25, 0.3) is 21.2 Å². The van der Waals surface area contributed by atoms with E-state index in [1.54, 1.807) is 0 Å². The minimum atomic E-state index is -0.198. The molecule has 1 aromatic heterocycles. The summed E-state index contributed by atoms with van der Waals surface area (Å²) in [6.45, 7) is 2.22. The second-order valence-corrected chi connectivity index (χ2v) is 9.55. The molecule has 7 heteroatoms. The Balaban J connectivity index is 1.17. The van der Waals surface area contributed by atoms with Gasteiger partial charge in [0, 0.05) is 37.1 Å². The first-order valence-electron chi connectivity index (χ1n) is 12.0. The zero-order chi connectivity index (χ0) is 24.0. The first-order chi connectivity index (χ1) is 17.2. The van der Waals surface area contributed by atoms with Crippen LogP contribution in [-0.4, -0.2) is 47.3 Å². The molecule has 1 atom stereocenters. The van der Waals surface area contributed by atoms with Gasteiger partial charge in [-0.25, -0.2) is 0 Å². The number of nitrogens with one attached hydrogen (secondary N) is 2. The molecule has 0 spiro atoms. The largest absolute Gasteiger partial charge is 0.367 e. The molecular formula is C28H28N4O2S. The maximum Gasteiger partial charge on any atom is 0.254 e. The van der Waals surface area contributed by atoms with E-state index >= 15 is 0 Å². The van der Waals surface area contributed by atoms with Gasteiger partial charge in [0.15, 0.2) is 0 Å². The molecule has 0 saturated carbocycles. The van der Waals surface area contributed by atoms with Gasteiger partial charge in [0.1, 0.15) is 5.82 Å². The van der Waals surface area contributed by atoms with Crippen LogP contribution < -0.4 is 10.6 Å². The summed E-state index contributed by atoms with van der Waals surface area (Å²) >= 11 is 1.46. The number of fused-ring (bicyclic) bond motifs is 1. The minimum Gasteiger partial charge on any atom is -0.367 e. The van der Waals surface area contributed by atoms with E-state index in [1.165, 1.54) is 11.5 Å². The predicted molar refractivity (Wildman–Crippen MR) is 142 cm³/mol. The quantitative estimate of drug-likeness (QED) is 0.360. The van der Waals surface area contributed by atoms with E-state index in [-0.39, 0.29) is 17.7 Å². The number of likely N-dealkylation sites (tertiary alicyclic amines) is 1. The molecule has 1 unspecified atom stereocenters.